The van der Waals surface area contributed by atoms with Crippen LogP contribution in [0.2, 0.25) is 5.02 Å². The van der Waals surface area contributed by atoms with Gasteiger partial charge in [0.2, 0.25) is 0 Å². The van der Waals surface area contributed by atoms with Crippen LogP contribution in [0.25, 0.3) is 5.65 Å². The lowest BCUT2D eigenvalue weighted by Gasteiger charge is -2.38. The van der Waals surface area contributed by atoms with Gasteiger partial charge in [-0.15, -0.1) is 0 Å². The summed E-state index contributed by atoms with van der Waals surface area (Å²) in [5, 5.41) is 14.4. The van der Waals surface area contributed by atoms with E-state index in [1.54, 1.807) is 35.4 Å². The second-order valence-electron chi connectivity index (χ2n) is 8.47. The van der Waals surface area contributed by atoms with Crippen LogP contribution in [-0.4, -0.2) is 76.2 Å². The zero-order valence-corrected chi connectivity index (χ0v) is 19.9. The number of hydrogen-bond acceptors (Lipinski definition) is 6. The number of amides is 1. The molecule has 1 N–H and O–H groups in total. The van der Waals surface area contributed by atoms with Crippen LogP contribution in [0.3, 0.4) is 0 Å². The SMILES string of the molecule is COc1cc(C(=O)N2CC(C)OCC2CCO)cn2nc(CC(CF)c3cccc(Cl)c3)nc12. The highest BCUT2D eigenvalue weighted by Gasteiger charge is 2.31. The Labute approximate surface area is 202 Å². The van der Waals surface area contributed by atoms with Crippen LogP contribution in [0.1, 0.15) is 41.0 Å². The number of halogens is 2. The van der Waals surface area contributed by atoms with Crippen molar-refractivity contribution in [3.05, 3.63) is 58.5 Å². The highest BCUT2D eigenvalue weighted by atomic mass is 35.5. The maximum atomic E-state index is 13.9. The number of pyridine rings is 1. The molecule has 0 spiro atoms. The first-order valence-electron chi connectivity index (χ1n) is 11.2. The molecule has 1 aliphatic heterocycles. The van der Waals surface area contributed by atoms with Crippen molar-refractivity contribution in [1.29, 1.82) is 0 Å². The molecule has 3 unspecified atom stereocenters. The average molecular weight is 491 g/mol. The molecule has 3 heterocycles. The molecule has 0 aliphatic carbocycles. The van der Waals surface area contributed by atoms with Crippen molar-refractivity contribution in [2.24, 2.45) is 0 Å². The number of fused-ring (bicyclic) bond motifs is 1. The normalized spacial score (nSPS) is 19.4. The standard InChI is InChI=1S/C24H28ClFN4O4/c1-15-12-29(20(6-7-31)14-34-15)24(32)18-9-21(33-2)23-27-22(28-30(23)13-18)10-17(11-26)16-4-3-5-19(25)8-16/h3-5,8-9,13,15,17,20,31H,6-7,10-12,14H2,1-2H3. The molecule has 1 aromatic carbocycles. The topological polar surface area (TPSA) is 89.2 Å². The number of aliphatic hydroxyl groups is 1. The van der Waals surface area contributed by atoms with Crippen molar-refractivity contribution >= 4 is 23.2 Å². The van der Waals surface area contributed by atoms with Crippen molar-refractivity contribution in [3.8, 4) is 5.75 Å². The van der Waals surface area contributed by atoms with E-state index in [0.29, 0.717) is 47.4 Å². The van der Waals surface area contributed by atoms with Gasteiger partial charge in [0.05, 0.1) is 38.1 Å². The van der Waals surface area contributed by atoms with Gasteiger partial charge in [-0.05, 0) is 37.1 Å². The number of aliphatic hydroxyl groups excluding tert-OH is 1. The number of carbonyl (C=O) groups is 1. The summed E-state index contributed by atoms with van der Waals surface area (Å²) in [5.41, 5.74) is 1.60. The predicted octanol–water partition coefficient (Wildman–Crippen LogP) is 3.30. The minimum atomic E-state index is -0.585. The van der Waals surface area contributed by atoms with Gasteiger partial charge in [0.25, 0.3) is 5.91 Å². The largest absolute Gasteiger partial charge is 0.493 e. The first-order chi connectivity index (χ1) is 16.4. The van der Waals surface area contributed by atoms with Crippen LogP contribution < -0.4 is 4.74 Å². The van der Waals surface area contributed by atoms with Crippen LogP contribution in [0.4, 0.5) is 4.39 Å². The molecule has 34 heavy (non-hydrogen) atoms. The van der Waals surface area contributed by atoms with E-state index >= 15 is 0 Å². The van der Waals surface area contributed by atoms with Gasteiger partial charge in [-0.1, -0.05) is 23.7 Å². The number of rotatable bonds is 8. The zero-order valence-electron chi connectivity index (χ0n) is 19.2. The van der Waals surface area contributed by atoms with Gasteiger partial charge in [-0.25, -0.2) is 9.50 Å². The van der Waals surface area contributed by atoms with E-state index in [1.165, 1.54) is 11.6 Å². The van der Waals surface area contributed by atoms with Gasteiger partial charge in [-0.3, -0.25) is 9.18 Å². The van der Waals surface area contributed by atoms with Gasteiger partial charge in [-0.2, -0.15) is 5.10 Å². The molecule has 0 radical (unpaired) electrons. The Morgan fingerprint density at radius 1 is 1.41 bits per heavy atom. The maximum Gasteiger partial charge on any atom is 0.255 e. The number of benzene rings is 1. The summed E-state index contributed by atoms with van der Waals surface area (Å²) in [4.78, 5) is 19.7. The number of aromatic nitrogens is 3. The Morgan fingerprint density at radius 3 is 2.94 bits per heavy atom. The number of hydrogen-bond donors (Lipinski definition) is 1. The summed E-state index contributed by atoms with van der Waals surface area (Å²) >= 11 is 6.07. The molecule has 3 aromatic rings. The third-order valence-corrected chi connectivity index (χ3v) is 6.27. The van der Waals surface area contributed by atoms with Gasteiger partial charge < -0.3 is 19.5 Å². The van der Waals surface area contributed by atoms with Crippen molar-refractivity contribution < 1.29 is 23.8 Å². The number of carbonyl (C=O) groups excluding carboxylic acids is 1. The Bertz CT molecular complexity index is 1160. The lowest BCUT2D eigenvalue weighted by molar-refractivity contribution is -0.0486. The molecule has 0 saturated carbocycles. The minimum absolute atomic E-state index is 0.0383. The van der Waals surface area contributed by atoms with Gasteiger partial charge in [0.15, 0.2) is 17.2 Å². The minimum Gasteiger partial charge on any atom is -0.493 e. The van der Waals surface area contributed by atoms with Gasteiger partial charge in [0.1, 0.15) is 0 Å². The molecule has 4 rings (SSSR count). The Balaban J connectivity index is 1.64. The second kappa shape index (κ2) is 10.7. The number of morpholine rings is 1. The summed E-state index contributed by atoms with van der Waals surface area (Å²) < 4.78 is 26.5. The van der Waals surface area contributed by atoms with Crippen molar-refractivity contribution in [2.75, 3.05) is 33.5 Å². The zero-order chi connectivity index (χ0) is 24.2. The lowest BCUT2D eigenvalue weighted by atomic mass is 9.97. The molecule has 182 valence electrons. The highest BCUT2D eigenvalue weighted by Crippen LogP contribution is 2.27. The number of ether oxygens (including phenoxy) is 2. The molecule has 1 aliphatic rings. The fraction of sp³-hybridized carbons (Fsp3) is 0.458. The van der Waals surface area contributed by atoms with Crippen LogP contribution in [0.15, 0.2) is 36.5 Å². The van der Waals surface area contributed by atoms with E-state index in [0.717, 1.165) is 5.56 Å². The van der Waals surface area contributed by atoms with Crippen LogP contribution in [-0.2, 0) is 11.2 Å². The van der Waals surface area contributed by atoms with Crippen LogP contribution in [0, 0.1) is 0 Å². The first-order valence-corrected chi connectivity index (χ1v) is 11.6. The molecule has 8 nitrogen and oxygen atoms in total. The Hall–Kier alpha value is -2.75. The smallest absolute Gasteiger partial charge is 0.255 e. The second-order valence-corrected chi connectivity index (χ2v) is 8.91. The van der Waals surface area contributed by atoms with Crippen LogP contribution >= 0.6 is 11.6 Å². The quantitative estimate of drug-likeness (QED) is 0.521. The summed E-state index contributed by atoms with van der Waals surface area (Å²) in [5.74, 6) is 0.177. The van der Waals surface area contributed by atoms with Crippen LogP contribution in [0.5, 0.6) is 5.75 Å². The number of alkyl halides is 1. The monoisotopic (exact) mass is 490 g/mol. The molecular weight excluding hydrogens is 463 g/mol. The fourth-order valence-electron chi connectivity index (χ4n) is 4.24. The third-order valence-electron chi connectivity index (χ3n) is 6.04. The molecule has 0 bridgehead atoms. The Morgan fingerprint density at radius 2 is 2.24 bits per heavy atom. The molecule has 1 fully saturated rings. The Kier molecular flexibility index (Phi) is 7.65. The van der Waals surface area contributed by atoms with E-state index in [1.807, 2.05) is 13.0 Å². The van der Waals surface area contributed by atoms with Gasteiger partial charge in [0, 0.05) is 36.7 Å². The summed E-state index contributed by atoms with van der Waals surface area (Å²) in [6.45, 7) is 2.07. The van der Waals surface area contributed by atoms with E-state index in [-0.39, 0.29) is 31.1 Å². The maximum absolute atomic E-state index is 13.9. The predicted molar refractivity (Wildman–Crippen MR) is 125 cm³/mol. The van der Waals surface area contributed by atoms with Gasteiger partial charge >= 0.3 is 0 Å². The molecular formula is C24H28ClFN4O4. The van der Waals surface area contributed by atoms with Crippen molar-refractivity contribution in [1.82, 2.24) is 19.5 Å². The van der Waals surface area contributed by atoms with E-state index < -0.39 is 12.6 Å². The van der Waals surface area contributed by atoms with E-state index in [4.69, 9.17) is 21.1 Å². The lowest BCUT2D eigenvalue weighted by Crippen LogP contribution is -2.51. The molecule has 2 aromatic heterocycles. The highest BCUT2D eigenvalue weighted by molar-refractivity contribution is 6.30. The summed E-state index contributed by atoms with van der Waals surface area (Å²) in [7, 11) is 1.50. The molecule has 1 saturated heterocycles. The summed E-state index contributed by atoms with van der Waals surface area (Å²) in [6, 6.07) is 8.52. The first kappa shape index (κ1) is 24.4. The third kappa shape index (κ3) is 5.16. The molecule has 3 atom stereocenters. The number of nitrogens with zero attached hydrogens (tertiary/aromatic N) is 4. The molecule has 10 heteroatoms. The number of methoxy groups -OCH3 is 1. The summed E-state index contributed by atoms with van der Waals surface area (Å²) in [6.07, 6.45) is 2.20. The van der Waals surface area contributed by atoms with E-state index in [2.05, 4.69) is 10.1 Å². The van der Waals surface area contributed by atoms with Crippen molar-refractivity contribution in [3.63, 3.8) is 0 Å². The van der Waals surface area contributed by atoms with Crippen molar-refractivity contribution in [2.45, 2.75) is 37.8 Å². The van der Waals surface area contributed by atoms with E-state index in [9.17, 15) is 14.3 Å². The fourth-order valence-corrected chi connectivity index (χ4v) is 4.44. The average Bonchev–Trinajstić information content (AvgIpc) is 3.25. The molecule has 1 amide bonds.